The number of rotatable bonds is 5. The third-order valence-corrected chi connectivity index (χ3v) is 5.13. The van der Waals surface area contributed by atoms with Crippen molar-refractivity contribution in [2.24, 2.45) is 5.92 Å². The van der Waals surface area contributed by atoms with Crippen LogP contribution in [-0.4, -0.2) is 24.4 Å². The molecular weight excluding hydrogens is 312 g/mol. The van der Waals surface area contributed by atoms with Gasteiger partial charge in [-0.05, 0) is 35.1 Å². The predicted molar refractivity (Wildman–Crippen MR) is 100 cm³/mol. The first-order valence-corrected chi connectivity index (χ1v) is 9.16. The average Bonchev–Trinajstić information content (AvgIpc) is 2.62. The first-order valence-electron chi connectivity index (χ1n) is 9.16. The lowest BCUT2D eigenvalue weighted by Gasteiger charge is -2.29. The van der Waals surface area contributed by atoms with Gasteiger partial charge in [0.1, 0.15) is 0 Å². The molecule has 0 spiro atoms. The van der Waals surface area contributed by atoms with Gasteiger partial charge in [0.15, 0.2) is 0 Å². The van der Waals surface area contributed by atoms with E-state index in [2.05, 4.69) is 17.6 Å². The van der Waals surface area contributed by atoms with Crippen LogP contribution in [0.3, 0.4) is 0 Å². The van der Waals surface area contributed by atoms with Crippen LogP contribution in [0.1, 0.15) is 38.2 Å². The van der Waals surface area contributed by atoms with E-state index in [4.69, 9.17) is 0 Å². The Morgan fingerprint density at radius 3 is 2.60 bits per heavy atom. The van der Waals surface area contributed by atoms with Crippen LogP contribution in [-0.2, 0) is 16.0 Å². The third-order valence-electron chi connectivity index (χ3n) is 5.13. The molecule has 1 saturated carbocycles. The molecule has 2 amide bonds. The molecule has 2 aromatic rings. The second-order valence-corrected chi connectivity index (χ2v) is 7.03. The van der Waals surface area contributed by atoms with Crippen molar-refractivity contribution in [3.8, 4) is 0 Å². The van der Waals surface area contributed by atoms with Gasteiger partial charge in [-0.2, -0.15) is 0 Å². The number of benzene rings is 2. The Kier molecular flexibility index (Phi) is 5.69. The van der Waals surface area contributed by atoms with Crippen LogP contribution in [0, 0.1) is 5.92 Å². The Balaban J connectivity index is 1.51. The van der Waals surface area contributed by atoms with Crippen LogP contribution < -0.4 is 10.6 Å². The summed E-state index contributed by atoms with van der Waals surface area (Å²) in [4.78, 5) is 24.3. The lowest BCUT2D eigenvalue weighted by atomic mass is 9.86. The van der Waals surface area contributed by atoms with Crippen molar-refractivity contribution in [1.29, 1.82) is 0 Å². The number of amides is 2. The van der Waals surface area contributed by atoms with Gasteiger partial charge in [0.2, 0.25) is 11.8 Å². The normalized spacial score (nSPS) is 20.2. The lowest BCUT2D eigenvalue weighted by Crippen LogP contribution is -2.45. The highest BCUT2D eigenvalue weighted by Crippen LogP contribution is 2.23. The second kappa shape index (κ2) is 8.15. The molecule has 0 saturated heterocycles. The Hall–Kier alpha value is -2.36. The van der Waals surface area contributed by atoms with Crippen molar-refractivity contribution in [2.45, 2.75) is 45.1 Å². The number of carbonyl (C=O) groups is 2. The highest BCUT2D eigenvalue weighted by atomic mass is 16.2. The molecule has 0 radical (unpaired) electrons. The smallest absolute Gasteiger partial charge is 0.239 e. The Morgan fingerprint density at radius 1 is 1.00 bits per heavy atom. The van der Waals surface area contributed by atoms with Crippen LogP contribution in [0.25, 0.3) is 10.8 Å². The van der Waals surface area contributed by atoms with Crippen molar-refractivity contribution in [3.63, 3.8) is 0 Å². The number of nitrogens with one attached hydrogen (secondary N) is 2. The van der Waals surface area contributed by atoms with Crippen molar-refractivity contribution in [2.75, 3.05) is 6.54 Å². The van der Waals surface area contributed by atoms with E-state index in [1.165, 1.54) is 19.3 Å². The van der Waals surface area contributed by atoms with Crippen LogP contribution in [0.4, 0.5) is 0 Å². The molecule has 1 aliphatic rings. The van der Waals surface area contributed by atoms with Crippen molar-refractivity contribution >= 4 is 22.6 Å². The Bertz CT molecular complexity index is 751. The minimum absolute atomic E-state index is 0.0484. The summed E-state index contributed by atoms with van der Waals surface area (Å²) in [5.74, 6) is 0.303. The van der Waals surface area contributed by atoms with Crippen molar-refractivity contribution in [1.82, 2.24) is 10.6 Å². The van der Waals surface area contributed by atoms with Gasteiger partial charge in [-0.15, -0.1) is 0 Å². The van der Waals surface area contributed by atoms with Gasteiger partial charge in [-0.3, -0.25) is 9.59 Å². The van der Waals surface area contributed by atoms with Crippen LogP contribution >= 0.6 is 0 Å². The molecule has 25 heavy (non-hydrogen) atoms. The van der Waals surface area contributed by atoms with Crippen LogP contribution in [0.2, 0.25) is 0 Å². The van der Waals surface area contributed by atoms with Gasteiger partial charge in [0.25, 0.3) is 0 Å². The van der Waals surface area contributed by atoms with E-state index in [9.17, 15) is 9.59 Å². The number of carbonyl (C=O) groups excluding carboxylic acids is 2. The van der Waals surface area contributed by atoms with Crippen LogP contribution in [0.5, 0.6) is 0 Å². The van der Waals surface area contributed by atoms with E-state index in [1.807, 2.05) is 42.5 Å². The molecule has 2 aromatic carbocycles. The molecule has 4 nitrogen and oxygen atoms in total. The minimum Gasteiger partial charge on any atom is -0.352 e. The molecular formula is C21H26N2O2. The summed E-state index contributed by atoms with van der Waals surface area (Å²) in [6, 6.07) is 14.2. The fraction of sp³-hybridized carbons (Fsp3) is 0.429. The van der Waals surface area contributed by atoms with Crippen LogP contribution in [0.15, 0.2) is 42.5 Å². The summed E-state index contributed by atoms with van der Waals surface area (Å²) in [5.41, 5.74) is 0.983. The zero-order chi connectivity index (χ0) is 17.6. The maximum Gasteiger partial charge on any atom is 0.239 e. The van der Waals surface area contributed by atoms with Gasteiger partial charge in [-0.25, -0.2) is 0 Å². The SMILES string of the molecule is C[C@@H]1CCCC[C@H]1NC(=O)CNC(=O)Cc1cccc2ccccc12. The quantitative estimate of drug-likeness (QED) is 0.879. The summed E-state index contributed by atoms with van der Waals surface area (Å²) in [7, 11) is 0. The van der Waals surface area contributed by atoms with E-state index in [1.54, 1.807) is 0 Å². The molecule has 4 heteroatoms. The molecule has 3 rings (SSSR count). The predicted octanol–water partition coefficient (Wildman–Crippen LogP) is 3.19. The molecule has 0 aromatic heterocycles. The molecule has 0 bridgehead atoms. The molecule has 0 heterocycles. The monoisotopic (exact) mass is 338 g/mol. The van der Waals surface area contributed by atoms with Crippen molar-refractivity contribution in [3.05, 3.63) is 48.0 Å². The third kappa shape index (κ3) is 4.59. The van der Waals surface area contributed by atoms with E-state index in [-0.39, 0.29) is 30.8 Å². The van der Waals surface area contributed by atoms with Gasteiger partial charge < -0.3 is 10.6 Å². The Labute approximate surface area is 149 Å². The lowest BCUT2D eigenvalue weighted by molar-refractivity contribution is -0.126. The summed E-state index contributed by atoms with van der Waals surface area (Å²) in [5, 5.41) is 8.02. The summed E-state index contributed by atoms with van der Waals surface area (Å²) in [6.45, 7) is 2.23. The molecule has 2 atom stereocenters. The molecule has 132 valence electrons. The molecule has 1 aliphatic carbocycles. The second-order valence-electron chi connectivity index (χ2n) is 7.03. The van der Waals surface area contributed by atoms with Gasteiger partial charge in [-0.1, -0.05) is 62.2 Å². The van der Waals surface area contributed by atoms with Gasteiger partial charge in [0.05, 0.1) is 13.0 Å². The van der Waals surface area contributed by atoms with Gasteiger partial charge in [0, 0.05) is 6.04 Å². The number of hydrogen-bond acceptors (Lipinski definition) is 2. The summed E-state index contributed by atoms with van der Waals surface area (Å²) < 4.78 is 0. The number of hydrogen-bond donors (Lipinski definition) is 2. The largest absolute Gasteiger partial charge is 0.352 e. The molecule has 0 unspecified atom stereocenters. The Morgan fingerprint density at radius 2 is 1.76 bits per heavy atom. The maximum absolute atomic E-state index is 12.2. The number of fused-ring (bicyclic) bond motifs is 1. The highest BCUT2D eigenvalue weighted by molar-refractivity contribution is 5.91. The molecule has 2 N–H and O–H groups in total. The maximum atomic E-state index is 12.2. The first-order chi connectivity index (χ1) is 12.1. The fourth-order valence-electron chi connectivity index (χ4n) is 3.65. The highest BCUT2D eigenvalue weighted by Gasteiger charge is 2.22. The fourth-order valence-corrected chi connectivity index (χ4v) is 3.65. The van der Waals surface area contributed by atoms with Gasteiger partial charge >= 0.3 is 0 Å². The van der Waals surface area contributed by atoms with E-state index in [0.29, 0.717) is 5.92 Å². The minimum atomic E-state index is -0.122. The van der Waals surface area contributed by atoms with Crippen molar-refractivity contribution < 1.29 is 9.59 Å². The first kappa shape index (κ1) is 17.5. The molecule has 0 aliphatic heterocycles. The average molecular weight is 338 g/mol. The summed E-state index contributed by atoms with van der Waals surface area (Å²) in [6.07, 6.45) is 4.90. The zero-order valence-corrected chi connectivity index (χ0v) is 14.8. The standard InChI is InChI=1S/C21H26N2O2/c1-15-7-2-5-12-19(15)23-21(25)14-22-20(24)13-17-10-6-9-16-8-3-4-11-18(16)17/h3-4,6,8-11,15,19H,2,5,7,12-14H2,1H3,(H,22,24)(H,23,25)/t15-,19-/m1/s1. The zero-order valence-electron chi connectivity index (χ0n) is 14.8. The van der Waals surface area contributed by atoms with E-state index in [0.717, 1.165) is 22.8 Å². The summed E-state index contributed by atoms with van der Waals surface area (Å²) >= 11 is 0. The van der Waals surface area contributed by atoms with E-state index < -0.39 is 0 Å². The molecule has 1 fully saturated rings. The topological polar surface area (TPSA) is 58.2 Å². The van der Waals surface area contributed by atoms with E-state index >= 15 is 0 Å².